The molecule has 2 saturated heterocycles. The van der Waals surface area contributed by atoms with E-state index in [0.717, 1.165) is 13.1 Å². The Morgan fingerprint density at radius 1 is 1.36 bits per heavy atom. The number of morpholine rings is 1. The van der Waals surface area contributed by atoms with Crippen molar-refractivity contribution in [1.82, 2.24) is 5.32 Å². The van der Waals surface area contributed by atoms with E-state index in [2.05, 4.69) is 5.32 Å². The molecule has 8 nitrogen and oxygen atoms in total. The Morgan fingerprint density at radius 3 is 2.76 bits per heavy atom. The highest BCUT2D eigenvalue weighted by molar-refractivity contribution is 7.91. The van der Waals surface area contributed by atoms with Gasteiger partial charge < -0.3 is 19.4 Å². The molecule has 0 radical (unpaired) electrons. The lowest BCUT2D eigenvalue weighted by Gasteiger charge is -2.26. The number of sulfone groups is 1. The third-order valence-electron chi connectivity index (χ3n) is 4.15. The molecule has 1 aromatic heterocycles. The Bertz CT molecular complexity index is 815. The zero-order chi connectivity index (χ0) is 17.9. The molecule has 0 unspecified atom stereocenters. The number of carbonyl (C=O) groups is 1. The molecule has 1 aromatic rings. The summed E-state index contributed by atoms with van der Waals surface area (Å²) in [5.41, 5.74) is -0.118. The maximum absolute atomic E-state index is 12.2. The van der Waals surface area contributed by atoms with Crippen molar-refractivity contribution in [2.45, 2.75) is 12.5 Å². The molecule has 1 N–H and O–H groups in total. The van der Waals surface area contributed by atoms with Gasteiger partial charge in [-0.3, -0.25) is 4.79 Å². The van der Waals surface area contributed by atoms with Crippen molar-refractivity contribution in [2.24, 2.45) is 0 Å². The largest absolute Gasteiger partial charge is 0.441 e. The van der Waals surface area contributed by atoms with Crippen LogP contribution in [0.2, 0.25) is 0 Å². The fraction of sp³-hybridized carbons (Fsp3) is 0.500. The zero-order valence-corrected chi connectivity index (χ0v) is 14.4. The number of nitrogens with zero attached hydrogens (tertiary/aromatic N) is 2. The number of anilines is 1. The van der Waals surface area contributed by atoms with E-state index in [0.29, 0.717) is 31.3 Å². The van der Waals surface area contributed by atoms with Gasteiger partial charge in [-0.1, -0.05) is 0 Å². The van der Waals surface area contributed by atoms with E-state index in [1.54, 1.807) is 12.1 Å². The maximum Gasteiger partial charge on any atom is 0.262 e. The minimum absolute atomic E-state index is 0.0602. The molecule has 25 heavy (non-hydrogen) atoms. The molecule has 0 bridgehead atoms. The van der Waals surface area contributed by atoms with Crippen LogP contribution in [0.15, 0.2) is 22.1 Å². The third kappa shape index (κ3) is 4.41. The van der Waals surface area contributed by atoms with Gasteiger partial charge >= 0.3 is 0 Å². The summed E-state index contributed by atoms with van der Waals surface area (Å²) in [6.45, 7) is 2.70. The van der Waals surface area contributed by atoms with Crippen molar-refractivity contribution in [3.8, 4) is 6.07 Å². The average molecular weight is 365 g/mol. The van der Waals surface area contributed by atoms with Crippen LogP contribution in [0.1, 0.15) is 12.2 Å². The first-order valence-electron chi connectivity index (χ1n) is 8.02. The van der Waals surface area contributed by atoms with Crippen LogP contribution in [-0.4, -0.2) is 58.2 Å². The molecule has 3 rings (SSSR count). The van der Waals surface area contributed by atoms with Gasteiger partial charge in [0.1, 0.15) is 17.4 Å². The van der Waals surface area contributed by atoms with Crippen molar-refractivity contribution in [3.05, 3.63) is 23.5 Å². The van der Waals surface area contributed by atoms with Crippen LogP contribution < -0.4 is 10.2 Å². The van der Waals surface area contributed by atoms with Crippen LogP contribution in [0.5, 0.6) is 0 Å². The minimum atomic E-state index is -3.09. The first kappa shape index (κ1) is 17.5. The van der Waals surface area contributed by atoms with E-state index in [4.69, 9.17) is 9.15 Å². The Morgan fingerprint density at radius 2 is 2.12 bits per heavy atom. The van der Waals surface area contributed by atoms with Gasteiger partial charge in [0.05, 0.1) is 24.7 Å². The number of nitriles is 1. The molecule has 0 spiro atoms. The van der Waals surface area contributed by atoms with Gasteiger partial charge in [0.2, 0.25) is 0 Å². The van der Waals surface area contributed by atoms with Crippen molar-refractivity contribution in [1.29, 1.82) is 5.26 Å². The standard InChI is InChI=1S/C16H19N3O5S/c17-10-12(16(20)18-13-3-8-25(21,22)11-13)9-14-1-2-15(24-14)19-4-6-23-7-5-19/h1-2,9,13H,3-8,11H2,(H,18,20)/b12-9+/t13-/m1/s1. The monoisotopic (exact) mass is 365 g/mol. The summed E-state index contributed by atoms with van der Waals surface area (Å²) in [5, 5.41) is 11.8. The average Bonchev–Trinajstić information content (AvgIpc) is 3.19. The summed E-state index contributed by atoms with van der Waals surface area (Å²) < 4.78 is 33.9. The van der Waals surface area contributed by atoms with Crippen LogP contribution in [-0.2, 0) is 19.4 Å². The van der Waals surface area contributed by atoms with E-state index >= 15 is 0 Å². The fourth-order valence-electron chi connectivity index (χ4n) is 2.84. The number of amides is 1. The van der Waals surface area contributed by atoms with Gasteiger partial charge in [-0.05, 0) is 12.5 Å². The van der Waals surface area contributed by atoms with Crippen molar-refractivity contribution < 1.29 is 22.4 Å². The summed E-state index contributed by atoms with van der Waals surface area (Å²) in [4.78, 5) is 14.2. The minimum Gasteiger partial charge on any atom is -0.441 e. The Hall–Kier alpha value is -2.31. The molecule has 134 valence electrons. The van der Waals surface area contributed by atoms with Gasteiger partial charge in [-0.2, -0.15) is 5.26 Å². The summed E-state index contributed by atoms with van der Waals surface area (Å²) in [5.74, 6) is 0.444. The molecule has 2 aliphatic heterocycles. The highest BCUT2D eigenvalue weighted by Crippen LogP contribution is 2.21. The summed E-state index contributed by atoms with van der Waals surface area (Å²) in [6.07, 6.45) is 1.73. The second kappa shape index (κ2) is 7.29. The lowest BCUT2D eigenvalue weighted by Crippen LogP contribution is -2.36. The lowest BCUT2D eigenvalue weighted by molar-refractivity contribution is -0.117. The molecule has 0 saturated carbocycles. The summed E-state index contributed by atoms with van der Waals surface area (Å²) >= 11 is 0. The van der Waals surface area contributed by atoms with Gasteiger partial charge in [-0.15, -0.1) is 0 Å². The van der Waals surface area contributed by atoms with Crippen molar-refractivity contribution >= 4 is 27.7 Å². The van der Waals surface area contributed by atoms with Crippen molar-refractivity contribution in [3.63, 3.8) is 0 Å². The fourth-order valence-corrected chi connectivity index (χ4v) is 4.51. The normalized spacial score (nSPS) is 23.2. The first-order valence-corrected chi connectivity index (χ1v) is 9.84. The molecular weight excluding hydrogens is 346 g/mol. The Labute approximate surface area is 146 Å². The number of hydrogen-bond donors (Lipinski definition) is 1. The van der Waals surface area contributed by atoms with E-state index in [9.17, 15) is 18.5 Å². The van der Waals surface area contributed by atoms with Crippen LogP contribution in [0.25, 0.3) is 6.08 Å². The quantitative estimate of drug-likeness (QED) is 0.604. The predicted molar refractivity (Wildman–Crippen MR) is 90.5 cm³/mol. The van der Waals surface area contributed by atoms with E-state index in [-0.39, 0.29) is 17.1 Å². The first-order chi connectivity index (χ1) is 12.0. The van der Waals surface area contributed by atoms with Gasteiger partial charge in [0.25, 0.3) is 5.91 Å². The van der Waals surface area contributed by atoms with Gasteiger partial charge in [0, 0.05) is 31.3 Å². The van der Waals surface area contributed by atoms with E-state index in [1.807, 2.05) is 11.0 Å². The molecule has 9 heteroatoms. The van der Waals surface area contributed by atoms with Crippen LogP contribution in [0.3, 0.4) is 0 Å². The number of nitrogens with one attached hydrogen (secondary N) is 1. The number of rotatable bonds is 4. The van der Waals surface area contributed by atoms with Crippen LogP contribution in [0, 0.1) is 11.3 Å². The number of carbonyl (C=O) groups excluding carboxylic acids is 1. The van der Waals surface area contributed by atoms with Gasteiger partial charge in [0.15, 0.2) is 15.7 Å². The molecule has 2 aliphatic rings. The van der Waals surface area contributed by atoms with E-state index < -0.39 is 21.8 Å². The van der Waals surface area contributed by atoms with Gasteiger partial charge in [-0.25, -0.2) is 8.42 Å². The highest BCUT2D eigenvalue weighted by atomic mass is 32.2. The lowest BCUT2D eigenvalue weighted by atomic mass is 10.2. The Balaban J connectivity index is 1.67. The second-order valence-corrected chi connectivity index (χ2v) is 8.25. The number of hydrogen-bond acceptors (Lipinski definition) is 7. The SMILES string of the molecule is N#C/C(=C\c1ccc(N2CCOCC2)o1)C(=O)N[C@@H]1CCS(=O)(=O)C1. The predicted octanol–water partition coefficient (Wildman–Crippen LogP) is 0.326. The summed E-state index contributed by atoms with van der Waals surface area (Å²) in [6, 6.07) is 4.87. The van der Waals surface area contributed by atoms with Crippen molar-refractivity contribution in [2.75, 3.05) is 42.7 Å². The molecular formula is C16H19N3O5S. The van der Waals surface area contributed by atoms with Crippen LogP contribution >= 0.6 is 0 Å². The highest BCUT2D eigenvalue weighted by Gasteiger charge is 2.29. The van der Waals surface area contributed by atoms with Crippen LogP contribution in [0.4, 0.5) is 5.88 Å². The molecule has 2 fully saturated rings. The maximum atomic E-state index is 12.2. The molecule has 1 atom stereocenters. The second-order valence-electron chi connectivity index (χ2n) is 6.02. The topological polar surface area (TPSA) is 113 Å². The Kier molecular flexibility index (Phi) is 5.11. The zero-order valence-electron chi connectivity index (χ0n) is 13.6. The smallest absolute Gasteiger partial charge is 0.262 e. The van der Waals surface area contributed by atoms with E-state index in [1.165, 1.54) is 6.08 Å². The summed E-state index contributed by atoms with van der Waals surface area (Å²) in [7, 11) is -3.09. The molecule has 1 amide bonds. The molecule has 0 aliphatic carbocycles. The molecule has 0 aromatic carbocycles. The third-order valence-corrected chi connectivity index (χ3v) is 5.92. The number of ether oxygens (including phenoxy) is 1. The number of furan rings is 1. The molecule has 3 heterocycles.